The summed E-state index contributed by atoms with van der Waals surface area (Å²) in [6.07, 6.45) is 4.61. The topological polar surface area (TPSA) is 72.9 Å². The standard InChI is InChI=1S/C14H27N3O3/c1-3-17(9-8-16(2)11-14(19)20)10-13(18)15-12-6-4-5-7-12/h12H,3-11H2,1-2H3,(H,15,18)(H,19,20). The van der Waals surface area contributed by atoms with Gasteiger partial charge in [-0.3, -0.25) is 19.4 Å². The molecule has 1 fully saturated rings. The lowest BCUT2D eigenvalue weighted by Gasteiger charge is -2.23. The molecule has 0 aromatic carbocycles. The van der Waals surface area contributed by atoms with Crippen LogP contribution in [0.5, 0.6) is 0 Å². The van der Waals surface area contributed by atoms with E-state index >= 15 is 0 Å². The molecule has 1 rings (SSSR count). The molecule has 20 heavy (non-hydrogen) atoms. The Morgan fingerprint density at radius 2 is 1.85 bits per heavy atom. The van der Waals surface area contributed by atoms with Gasteiger partial charge in [-0.1, -0.05) is 19.8 Å². The molecule has 116 valence electrons. The van der Waals surface area contributed by atoms with Gasteiger partial charge in [-0.15, -0.1) is 0 Å². The molecule has 1 amide bonds. The molecule has 0 heterocycles. The molecule has 0 atom stereocenters. The Bertz CT molecular complexity index is 317. The SMILES string of the molecule is CCN(CCN(C)CC(=O)O)CC(=O)NC1CCCC1. The third-order valence-electron chi connectivity index (χ3n) is 3.74. The summed E-state index contributed by atoms with van der Waals surface area (Å²) >= 11 is 0. The predicted octanol–water partition coefficient (Wildman–Crippen LogP) is 0.384. The van der Waals surface area contributed by atoms with Gasteiger partial charge in [-0.2, -0.15) is 0 Å². The summed E-state index contributed by atoms with van der Waals surface area (Å²) in [4.78, 5) is 26.3. The van der Waals surface area contributed by atoms with Gasteiger partial charge in [0.05, 0.1) is 13.1 Å². The molecule has 1 aliphatic carbocycles. The average molecular weight is 285 g/mol. The van der Waals surface area contributed by atoms with Crippen LogP contribution in [0.25, 0.3) is 0 Å². The highest BCUT2D eigenvalue weighted by Gasteiger charge is 2.18. The summed E-state index contributed by atoms with van der Waals surface area (Å²) in [5, 5.41) is 11.8. The van der Waals surface area contributed by atoms with E-state index in [1.165, 1.54) is 12.8 Å². The van der Waals surface area contributed by atoms with Crippen molar-refractivity contribution in [3.63, 3.8) is 0 Å². The molecular formula is C14H27N3O3. The van der Waals surface area contributed by atoms with Crippen LogP contribution in [0, 0.1) is 0 Å². The second kappa shape index (κ2) is 8.92. The fourth-order valence-electron chi connectivity index (χ4n) is 2.52. The van der Waals surface area contributed by atoms with Crippen molar-refractivity contribution in [1.82, 2.24) is 15.1 Å². The maximum atomic E-state index is 11.9. The van der Waals surface area contributed by atoms with E-state index in [4.69, 9.17) is 5.11 Å². The Hall–Kier alpha value is -1.14. The number of hydrogen-bond acceptors (Lipinski definition) is 4. The highest BCUT2D eigenvalue weighted by Crippen LogP contribution is 2.17. The van der Waals surface area contributed by atoms with Crippen molar-refractivity contribution in [2.75, 3.05) is 39.8 Å². The lowest BCUT2D eigenvalue weighted by Crippen LogP contribution is -2.43. The number of carboxylic acids is 1. The fraction of sp³-hybridized carbons (Fsp3) is 0.857. The first-order valence-corrected chi connectivity index (χ1v) is 7.43. The number of aliphatic carboxylic acids is 1. The minimum absolute atomic E-state index is 0.0336. The van der Waals surface area contributed by atoms with Gasteiger partial charge in [0.1, 0.15) is 0 Å². The van der Waals surface area contributed by atoms with Crippen molar-refractivity contribution in [3.8, 4) is 0 Å². The van der Waals surface area contributed by atoms with Gasteiger partial charge in [0.25, 0.3) is 0 Å². The van der Waals surface area contributed by atoms with Crippen molar-refractivity contribution in [2.24, 2.45) is 0 Å². The lowest BCUT2D eigenvalue weighted by atomic mass is 10.2. The van der Waals surface area contributed by atoms with Gasteiger partial charge in [-0.05, 0) is 26.4 Å². The number of nitrogens with one attached hydrogen (secondary N) is 1. The van der Waals surface area contributed by atoms with Crippen molar-refractivity contribution >= 4 is 11.9 Å². The molecule has 0 aliphatic heterocycles. The maximum absolute atomic E-state index is 11.9. The van der Waals surface area contributed by atoms with Crippen LogP contribution in [0.2, 0.25) is 0 Å². The van der Waals surface area contributed by atoms with Crippen LogP contribution in [0.4, 0.5) is 0 Å². The van der Waals surface area contributed by atoms with Gasteiger partial charge in [-0.25, -0.2) is 0 Å². The molecule has 2 N–H and O–H groups in total. The summed E-state index contributed by atoms with van der Waals surface area (Å²) in [6, 6.07) is 0.357. The molecule has 0 saturated heterocycles. The van der Waals surface area contributed by atoms with E-state index < -0.39 is 5.97 Å². The molecule has 0 spiro atoms. The summed E-state index contributed by atoms with van der Waals surface area (Å²) in [5.74, 6) is -0.742. The molecule has 0 bridgehead atoms. The predicted molar refractivity (Wildman–Crippen MR) is 77.6 cm³/mol. The molecule has 1 saturated carbocycles. The number of likely N-dealkylation sites (N-methyl/N-ethyl adjacent to an activating group) is 2. The molecule has 1 aliphatic rings. The Balaban J connectivity index is 2.23. The first-order chi connectivity index (χ1) is 9.51. The van der Waals surface area contributed by atoms with Crippen LogP contribution in [-0.4, -0.2) is 72.6 Å². The van der Waals surface area contributed by atoms with Gasteiger partial charge in [0, 0.05) is 19.1 Å². The monoisotopic (exact) mass is 285 g/mol. The van der Waals surface area contributed by atoms with E-state index in [-0.39, 0.29) is 12.5 Å². The van der Waals surface area contributed by atoms with E-state index in [9.17, 15) is 9.59 Å². The normalized spacial score (nSPS) is 16.0. The van der Waals surface area contributed by atoms with Crippen LogP contribution in [0.15, 0.2) is 0 Å². The van der Waals surface area contributed by atoms with Crippen LogP contribution in [0.3, 0.4) is 0 Å². The zero-order valence-electron chi connectivity index (χ0n) is 12.6. The van der Waals surface area contributed by atoms with Crippen molar-refractivity contribution < 1.29 is 14.7 Å². The lowest BCUT2D eigenvalue weighted by molar-refractivity contribution is -0.138. The van der Waals surface area contributed by atoms with Gasteiger partial charge in [0.15, 0.2) is 0 Å². The quantitative estimate of drug-likeness (QED) is 0.641. The Kier molecular flexibility index (Phi) is 7.54. The van der Waals surface area contributed by atoms with E-state index in [1.807, 2.05) is 11.8 Å². The maximum Gasteiger partial charge on any atom is 0.317 e. The number of hydrogen-bond donors (Lipinski definition) is 2. The van der Waals surface area contributed by atoms with Crippen molar-refractivity contribution in [2.45, 2.75) is 38.6 Å². The zero-order chi connectivity index (χ0) is 15.0. The van der Waals surface area contributed by atoms with E-state index in [0.29, 0.717) is 25.7 Å². The molecule has 0 aromatic heterocycles. The minimum atomic E-state index is -0.825. The second-order valence-corrected chi connectivity index (χ2v) is 5.55. The fourth-order valence-corrected chi connectivity index (χ4v) is 2.52. The van der Waals surface area contributed by atoms with Crippen LogP contribution >= 0.6 is 0 Å². The first-order valence-electron chi connectivity index (χ1n) is 7.43. The van der Waals surface area contributed by atoms with Crippen LogP contribution in [0.1, 0.15) is 32.6 Å². The number of rotatable bonds is 9. The number of nitrogens with zero attached hydrogens (tertiary/aromatic N) is 2. The van der Waals surface area contributed by atoms with E-state index in [0.717, 1.165) is 19.4 Å². The van der Waals surface area contributed by atoms with Crippen molar-refractivity contribution in [1.29, 1.82) is 0 Å². The summed E-state index contributed by atoms with van der Waals surface area (Å²) in [6.45, 7) is 4.59. The largest absolute Gasteiger partial charge is 0.480 e. The number of amides is 1. The number of carbonyl (C=O) groups is 2. The van der Waals surface area contributed by atoms with Crippen molar-refractivity contribution in [3.05, 3.63) is 0 Å². The van der Waals surface area contributed by atoms with Gasteiger partial charge in [0.2, 0.25) is 5.91 Å². The average Bonchev–Trinajstić information content (AvgIpc) is 2.86. The minimum Gasteiger partial charge on any atom is -0.480 e. The molecule has 0 aromatic rings. The molecular weight excluding hydrogens is 258 g/mol. The Morgan fingerprint density at radius 3 is 2.40 bits per heavy atom. The Labute approximate surface area is 121 Å². The van der Waals surface area contributed by atoms with E-state index in [2.05, 4.69) is 5.32 Å². The van der Waals surface area contributed by atoms with Crippen LogP contribution in [-0.2, 0) is 9.59 Å². The summed E-state index contributed by atoms with van der Waals surface area (Å²) in [7, 11) is 1.78. The molecule has 0 unspecified atom stereocenters. The zero-order valence-corrected chi connectivity index (χ0v) is 12.6. The highest BCUT2D eigenvalue weighted by molar-refractivity contribution is 5.78. The summed E-state index contributed by atoms with van der Waals surface area (Å²) in [5.41, 5.74) is 0. The first kappa shape index (κ1) is 16.9. The van der Waals surface area contributed by atoms with Crippen LogP contribution < -0.4 is 5.32 Å². The molecule has 6 nitrogen and oxygen atoms in total. The second-order valence-electron chi connectivity index (χ2n) is 5.55. The smallest absolute Gasteiger partial charge is 0.317 e. The third kappa shape index (κ3) is 6.86. The number of carbonyl (C=O) groups excluding carboxylic acids is 1. The third-order valence-corrected chi connectivity index (χ3v) is 3.74. The summed E-state index contributed by atoms with van der Waals surface area (Å²) < 4.78 is 0. The van der Waals surface area contributed by atoms with Gasteiger partial charge < -0.3 is 10.4 Å². The highest BCUT2D eigenvalue weighted by atomic mass is 16.4. The van der Waals surface area contributed by atoms with E-state index in [1.54, 1.807) is 11.9 Å². The molecule has 0 radical (unpaired) electrons. The van der Waals surface area contributed by atoms with Gasteiger partial charge >= 0.3 is 5.97 Å². The number of carboxylic acid groups (broad SMARTS) is 1. The molecule has 6 heteroatoms. The Morgan fingerprint density at radius 1 is 1.20 bits per heavy atom.